The van der Waals surface area contributed by atoms with E-state index in [-0.39, 0.29) is 5.69 Å². The van der Waals surface area contributed by atoms with Crippen LogP contribution in [-0.2, 0) is 13.6 Å². The highest BCUT2D eigenvalue weighted by molar-refractivity contribution is 9.10. The minimum atomic E-state index is -0.411. The Balaban J connectivity index is 2.11. The zero-order chi connectivity index (χ0) is 13.1. The van der Waals surface area contributed by atoms with Crippen LogP contribution in [0.3, 0.4) is 0 Å². The van der Waals surface area contributed by atoms with Crippen molar-refractivity contribution in [2.24, 2.45) is 7.05 Å². The van der Waals surface area contributed by atoms with Crippen molar-refractivity contribution < 1.29 is 4.92 Å². The van der Waals surface area contributed by atoms with Gasteiger partial charge >= 0.3 is 0 Å². The van der Waals surface area contributed by atoms with Gasteiger partial charge in [0.25, 0.3) is 5.69 Å². The standard InChI is InChI=1S/C12H12BrN3O2/c1-15-6-2-3-10(15)8-14-12-5-4-9(16(17)18)7-11(12)13/h2-7,14H,8H2,1H3. The molecule has 0 atom stereocenters. The first-order valence-corrected chi connectivity index (χ1v) is 6.15. The number of aromatic nitrogens is 1. The lowest BCUT2D eigenvalue weighted by molar-refractivity contribution is -0.384. The number of hydrogen-bond donors (Lipinski definition) is 1. The van der Waals surface area contributed by atoms with Gasteiger partial charge in [-0.05, 0) is 34.1 Å². The van der Waals surface area contributed by atoms with Crippen LogP contribution in [0.1, 0.15) is 5.69 Å². The molecule has 2 rings (SSSR count). The number of rotatable bonds is 4. The monoisotopic (exact) mass is 309 g/mol. The molecule has 0 unspecified atom stereocenters. The Morgan fingerprint density at radius 1 is 1.44 bits per heavy atom. The number of hydrogen-bond acceptors (Lipinski definition) is 3. The highest BCUT2D eigenvalue weighted by Gasteiger charge is 2.09. The third-order valence-corrected chi connectivity index (χ3v) is 3.33. The summed E-state index contributed by atoms with van der Waals surface area (Å²) >= 11 is 3.32. The Labute approximate surface area is 113 Å². The fourth-order valence-corrected chi connectivity index (χ4v) is 2.13. The van der Waals surface area contributed by atoms with E-state index in [4.69, 9.17) is 0 Å². The van der Waals surface area contributed by atoms with Crippen LogP contribution in [0.2, 0.25) is 0 Å². The lowest BCUT2D eigenvalue weighted by Crippen LogP contribution is -2.04. The average Bonchev–Trinajstić information content (AvgIpc) is 2.73. The summed E-state index contributed by atoms with van der Waals surface area (Å²) in [4.78, 5) is 10.2. The second kappa shape index (κ2) is 5.22. The van der Waals surface area contributed by atoms with Crippen molar-refractivity contribution >= 4 is 27.3 Å². The normalized spacial score (nSPS) is 10.3. The number of nitro benzene ring substituents is 1. The smallest absolute Gasteiger partial charge is 0.270 e. The molecule has 5 nitrogen and oxygen atoms in total. The van der Waals surface area contributed by atoms with Crippen LogP contribution in [0, 0.1) is 10.1 Å². The van der Waals surface area contributed by atoms with Crippen molar-refractivity contribution in [2.75, 3.05) is 5.32 Å². The van der Waals surface area contributed by atoms with Gasteiger partial charge < -0.3 is 9.88 Å². The highest BCUT2D eigenvalue weighted by atomic mass is 79.9. The lowest BCUT2D eigenvalue weighted by atomic mass is 10.3. The number of nitro groups is 1. The van der Waals surface area contributed by atoms with Crippen LogP contribution < -0.4 is 5.32 Å². The van der Waals surface area contributed by atoms with Gasteiger partial charge in [0, 0.05) is 41.2 Å². The fourth-order valence-electron chi connectivity index (χ4n) is 1.63. The van der Waals surface area contributed by atoms with E-state index in [1.54, 1.807) is 6.07 Å². The van der Waals surface area contributed by atoms with Gasteiger partial charge in [-0.2, -0.15) is 0 Å². The summed E-state index contributed by atoms with van der Waals surface area (Å²) < 4.78 is 2.71. The van der Waals surface area contributed by atoms with Gasteiger partial charge in [0.15, 0.2) is 0 Å². The van der Waals surface area contributed by atoms with Gasteiger partial charge in [-0.15, -0.1) is 0 Å². The number of benzene rings is 1. The Hall–Kier alpha value is -1.82. The molecule has 1 heterocycles. The predicted molar refractivity (Wildman–Crippen MR) is 73.5 cm³/mol. The van der Waals surface area contributed by atoms with Gasteiger partial charge in [-0.25, -0.2) is 0 Å². The highest BCUT2D eigenvalue weighted by Crippen LogP contribution is 2.27. The molecule has 0 amide bonds. The van der Waals surface area contributed by atoms with Crippen molar-refractivity contribution in [1.82, 2.24) is 4.57 Å². The molecule has 0 aliphatic heterocycles. The van der Waals surface area contributed by atoms with Gasteiger partial charge in [-0.1, -0.05) is 0 Å². The van der Waals surface area contributed by atoms with E-state index in [1.807, 2.05) is 29.9 Å². The first-order valence-electron chi connectivity index (χ1n) is 5.36. The summed E-state index contributed by atoms with van der Waals surface area (Å²) in [5, 5.41) is 13.8. The first-order chi connectivity index (χ1) is 8.58. The number of nitrogens with one attached hydrogen (secondary N) is 1. The maximum Gasteiger partial charge on any atom is 0.270 e. The summed E-state index contributed by atoms with van der Waals surface area (Å²) in [6, 6.07) is 8.67. The number of anilines is 1. The van der Waals surface area contributed by atoms with Crippen LogP contribution >= 0.6 is 15.9 Å². The van der Waals surface area contributed by atoms with E-state index in [9.17, 15) is 10.1 Å². The fraction of sp³-hybridized carbons (Fsp3) is 0.167. The topological polar surface area (TPSA) is 60.1 Å². The zero-order valence-electron chi connectivity index (χ0n) is 9.76. The second-order valence-electron chi connectivity index (χ2n) is 3.89. The Bertz CT molecular complexity index is 580. The SMILES string of the molecule is Cn1cccc1CNc1ccc([N+](=O)[O-])cc1Br. The molecule has 0 aliphatic rings. The van der Waals surface area contributed by atoms with Crippen LogP contribution in [0.4, 0.5) is 11.4 Å². The average molecular weight is 310 g/mol. The Kier molecular flexibility index (Phi) is 3.66. The molecular formula is C12H12BrN3O2. The van der Waals surface area contributed by atoms with Crippen LogP contribution in [0.5, 0.6) is 0 Å². The van der Waals surface area contributed by atoms with Crippen LogP contribution in [0.15, 0.2) is 41.0 Å². The maximum absolute atomic E-state index is 10.6. The second-order valence-corrected chi connectivity index (χ2v) is 4.74. The lowest BCUT2D eigenvalue weighted by Gasteiger charge is -2.09. The maximum atomic E-state index is 10.6. The summed E-state index contributed by atoms with van der Waals surface area (Å²) in [6.07, 6.45) is 1.97. The van der Waals surface area contributed by atoms with Crippen molar-refractivity contribution in [1.29, 1.82) is 0 Å². The Morgan fingerprint density at radius 2 is 2.22 bits per heavy atom. The van der Waals surface area contributed by atoms with Crippen molar-refractivity contribution in [2.45, 2.75) is 6.54 Å². The van der Waals surface area contributed by atoms with Crippen molar-refractivity contribution in [3.05, 3.63) is 56.8 Å². The molecule has 18 heavy (non-hydrogen) atoms. The van der Waals surface area contributed by atoms with E-state index >= 15 is 0 Å². The van der Waals surface area contributed by atoms with Crippen molar-refractivity contribution in [3.8, 4) is 0 Å². The van der Waals surface area contributed by atoms with Gasteiger partial charge in [0.05, 0.1) is 11.5 Å². The first kappa shape index (κ1) is 12.6. The molecule has 0 aliphatic carbocycles. The van der Waals surface area contributed by atoms with Crippen LogP contribution in [-0.4, -0.2) is 9.49 Å². The number of nitrogens with zero attached hydrogens (tertiary/aromatic N) is 2. The molecule has 0 bridgehead atoms. The van der Waals surface area contributed by atoms with E-state index < -0.39 is 4.92 Å². The predicted octanol–water partition coefficient (Wildman–Crippen LogP) is 3.31. The van der Waals surface area contributed by atoms with E-state index in [2.05, 4.69) is 21.2 Å². The minimum Gasteiger partial charge on any atom is -0.379 e. The molecule has 0 saturated carbocycles. The molecule has 0 saturated heterocycles. The Morgan fingerprint density at radius 3 is 2.78 bits per heavy atom. The van der Waals surface area contributed by atoms with Gasteiger partial charge in [-0.3, -0.25) is 10.1 Å². The van der Waals surface area contributed by atoms with E-state index in [0.29, 0.717) is 11.0 Å². The summed E-state index contributed by atoms with van der Waals surface area (Å²) in [5.41, 5.74) is 2.05. The largest absolute Gasteiger partial charge is 0.379 e. The number of non-ortho nitro benzene ring substituents is 1. The third-order valence-electron chi connectivity index (χ3n) is 2.67. The quantitative estimate of drug-likeness (QED) is 0.696. The molecule has 6 heteroatoms. The molecule has 0 fully saturated rings. The molecule has 2 aromatic rings. The molecule has 1 N–H and O–H groups in total. The minimum absolute atomic E-state index is 0.0753. The summed E-state index contributed by atoms with van der Waals surface area (Å²) in [5.74, 6) is 0. The molecular weight excluding hydrogens is 298 g/mol. The summed E-state index contributed by atoms with van der Waals surface area (Å²) in [7, 11) is 1.97. The van der Waals surface area contributed by atoms with Gasteiger partial charge in [0.1, 0.15) is 0 Å². The van der Waals surface area contributed by atoms with Crippen LogP contribution in [0.25, 0.3) is 0 Å². The molecule has 1 aromatic heterocycles. The van der Waals surface area contributed by atoms with E-state index in [1.165, 1.54) is 12.1 Å². The molecule has 0 radical (unpaired) electrons. The molecule has 0 spiro atoms. The van der Waals surface area contributed by atoms with Gasteiger partial charge in [0.2, 0.25) is 0 Å². The molecule has 1 aromatic carbocycles. The molecule has 94 valence electrons. The van der Waals surface area contributed by atoms with Crippen molar-refractivity contribution in [3.63, 3.8) is 0 Å². The number of halogens is 1. The number of aryl methyl sites for hydroxylation is 1. The van der Waals surface area contributed by atoms with E-state index in [0.717, 1.165) is 11.4 Å². The zero-order valence-corrected chi connectivity index (χ0v) is 11.3. The summed E-state index contributed by atoms with van der Waals surface area (Å²) in [6.45, 7) is 0.667. The third kappa shape index (κ3) is 2.70.